The third kappa shape index (κ3) is 2.37. The maximum absolute atomic E-state index is 5.91. The zero-order valence-corrected chi connectivity index (χ0v) is 12.4. The number of nitrogens with two attached hydrogens (primary N) is 1. The molecule has 0 amide bonds. The van der Waals surface area contributed by atoms with Crippen LogP contribution in [-0.4, -0.2) is 9.78 Å². The molecule has 20 heavy (non-hydrogen) atoms. The normalized spacial score (nSPS) is 10.5. The van der Waals surface area contributed by atoms with Gasteiger partial charge in [0.05, 0.1) is 16.9 Å². The molecule has 0 unspecified atom stereocenters. The minimum atomic E-state index is 0. The number of aromatic nitrogens is 2. The van der Waals surface area contributed by atoms with E-state index in [-0.39, 0.29) is 12.4 Å². The first-order valence-corrected chi connectivity index (χ1v) is 6.53. The molecule has 0 fully saturated rings. The summed E-state index contributed by atoms with van der Waals surface area (Å²) >= 11 is 0. The van der Waals surface area contributed by atoms with Gasteiger partial charge in [-0.1, -0.05) is 19.1 Å². The first-order valence-electron chi connectivity index (χ1n) is 6.53. The van der Waals surface area contributed by atoms with Crippen LogP contribution >= 0.6 is 12.4 Å². The number of halogens is 1. The SMILES string of the molecule is CCc1nn(-c2cccc(C)c2)c2cc(N)ccc12.Cl. The van der Waals surface area contributed by atoms with Gasteiger partial charge >= 0.3 is 0 Å². The van der Waals surface area contributed by atoms with Gasteiger partial charge in [-0.15, -0.1) is 12.4 Å². The summed E-state index contributed by atoms with van der Waals surface area (Å²) in [4.78, 5) is 0. The van der Waals surface area contributed by atoms with Crippen molar-refractivity contribution < 1.29 is 0 Å². The number of hydrogen-bond donors (Lipinski definition) is 1. The van der Waals surface area contributed by atoms with Crippen LogP contribution in [0.15, 0.2) is 42.5 Å². The van der Waals surface area contributed by atoms with Crippen LogP contribution in [0.5, 0.6) is 0 Å². The van der Waals surface area contributed by atoms with E-state index in [2.05, 4.69) is 44.2 Å². The summed E-state index contributed by atoms with van der Waals surface area (Å²) in [6.45, 7) is 4.21. The van der Waals surface area contributed by atoms with Crippen LogP contribution in [-0.2, 0) is 6.42 Å². The number of anilines is 1. The number of benzene rings is 2. The highest BCUT2D eigenvalue weighted by atomic mass is 35.5. The second kappa shape index (κ2) is 5.55. The Morgan fingerprint density at radius 3 is 2.65 bits per heavy atom. The van der Waals surface area contributed by atoms with Gasteiger partial charge in [-0.05, 0) is 49.2 Å². The van der Waals surface area contributed by atoms with Crippen molar-refractivity contribution in [3.63, 3.8) is 0 Å². The number of nitrogens with zero attached hydrogens (tertiary/aromatic N) is 2. The Bertz CT molecular complexity index is 747. The van der Waals surface area contributed by atoms with Crippen molar-refractivity contribution >= 4 is 29.0 Å². The van der Waals surface area contributed by atoms with E-state index < -0.39 is 0 Å². The fraction of sp³-hybridized carbons (Fsp3) is 0.188. The quantitative estimate of drug-likeness (QED) is 0.727. The molecule has 0 bridgehead atoms. The number of rotatable bonds is 2. The standard InChI is InChI=1S/C16H17N3.ClH/c1-3-15-14-8-7-12(17)10-16(14)19(18-15)13-6-4-5-11(2)9-13;/h4-10H,3,17H2,1-2H3;1H. The van der Waals surface area contributed by atoms with Gasteiger partial charge < -0.3 is 5.73 Å². The van der Waals surface area contributed by atoms with E-state index in [4.69, 9.17) is 10.8 Å². The first-order chi connectivity index (χ1) is 9.19. The minimum absolute atomic E-state index is 0. The van der Waals surface area contributed by atoms with E-state index in [1.54, 1.807) is 0 Å². The Morgan fingerprint density at radius 1 is 1.15 bits per heavy atom. The Hall–Kier alpha value is -2.00. The molecule has 3 aromatic rings. The first kappa shape index (κ1) is 14.4. The van der Waals surface area contributed by atoms with Crippen LogP contribution in [0, 0.1) is 6.92 Å². The van der Waals surface area contributed by atoms with Crippen LogP contribution in [0.4, 0.5) is 5.69 Å². The number of nitrogen functional groups attached to an aromatic ring is 1. The molecule has 1 heterocycles. The largest absolute Gasteiger partial charge is 0.399 e. The molecule has 0 spiro atoms. The summed E-state index contributed by atoms with van der Waals surface area (Å²) < 4.78 is 1.98. The Kier molecular flexibility index (Phi) is 4.00. The lowest BCUT2D eigenvalue weighted by Gasteiger charge is -2.04. The van der Waals surface area contributed by atoms with Crippen molar-refractivity contribution in [2.45, 2.75) is 20.3 Å². The summed E-state index contributed by atoms with van der Waals surface area (Å²) in [5.74, 6) is 0. The second-order valence-corrected chi connectivity index (χ2v) is 4.83. The molecule has 0 radical (unpaired) electrons. The molecular weight excluding hydrogens is 270 g/mol. The van der Waals surface area contributed by atoms with Gasteiger partial charge in [0.1, 0.15) is 0 Å². The predicted molar refractivity (Wildman–Crippen MR) is 86.8 cm³/mol. The topological polar surface area (TPSA) is 43.8 Å². The van der Waals surface area contributed by atoms with E-state index in [0.717, 1.165) is 29.0 Å². The zero-order valence-electron chi connectivity index (χ0n) is 11.6. The summed E-state index contributed by atoms with van der Waals surface area (Å²) in [6.07, 6.45) is 0.916. The van der Waals surface area contributed by atoms with Crippen LogP contribution < -0.4 is 5.73 Å². The van der Waals surface area contributed by atoms with Crippen LogP contribution in [0.25, 0.3) is 16.6 Å². The monoisotopic (exact) mass is 287 g/mol. The third-order valence-electron chi connectivity index (χ3n) is 3.36. The minimum Gasteiger partial charge on any atom is -0.399 e. The Morgan fingerprint density at radius 2 is 1.95 bits per heavy atom. The second-order valence-electron chi connectivity index (χ2n) is 4.83. The molecule has 0 aliphatic rings. The average molecular weight is 288 g/mol. The van der Waals surface area contributed by atoms with Gasteiger partial charge in [-0.25, -0.2) is 4.68 Å². The lowest BCUT2D eigenvalue weighted by molar-refractivity contribution is 0.862. The van der Waals surface area contributed by atoms with Crippen LogP contribution in [0.3, 0.4) is 0 Å². The summed E-state index contributed by atoms with van der Waals surface area (Å²) in [5.41, 5.74) is 11.2. The smallest absolute Gasteiger partial charge is 0.0764 e. The van der Waals surface area contributed by atoms with E-state index in [9.17, 15) is 0 Å². The van der Waals surface area contributed by atoms with Crippen molar-refractivity contribution in [1.82, 2.24) is 9.78 Å². The summed E-state index contributed by atoms with van der Waals surface area (Å²) in [6, 6.07) is 14.3. The van der Waals surface area contributed by atoms with E-state index >= 15 is 0 Å². The molecule has 4 heteroatoms. The molecule has 0 saturated heterocycles. The van der Waals surface area contributed by atoms with Gasteiger partial charge in [0, 0.05) is 11.1 Å². The van der Waals surface area contributed by atoms with Gasteiger partial charge in [0.15, 0.2) is 0 Å². The number of aryl methyl sites for hydroxylation is 2. The van der Waals surface area contributed by atoms with Gasteiger partial charge in [-0.3, -0.25) is 0 Å². The summed E-state index contributed by atoms with van der Waals surface area (Å²) in [7, 11) is 0. The molecule has 3 rings (SSSR count). The van der Waals surface area contributed by atoms with E-state index in [0.29, 0.717) is 0 Å². The summed E-state index contributed by atoms with van der Waals surface area (Å²) in [5, 5.41) is 5.90. The molecule has 1 aromatic heterocycles. The zero-order chi connectivity index (χ0) is 13.4. The van der Waals surface area contributed by atoms with E-state index in [1.165, 1.54) is 10.9 Å². The van der Waals surface area contributed by atoms with Gasteiger partial charge in [0.2, 0.25) is 0 Å². The number of fused-ring (bicyclic) bond motifs is 1. The lowest BCUT2D eigenvalue weighted by Crippen LogP contribution is -1.97. The predicted octanol–water partition coefficient (Wildman–Crippen LogP) is 3.90. The maximum atomic E-state index is 5.91. The van der Waals surface area contributed by atoms with E-state index in [1.807, 2.05) is 16.8 Å². The Labute approximate surface area is 124 Å². The molecule has 104 valence electrons. The van der Waals surface area contributed by atoms with Crippen molar-refractivity contribution in [2.24, 2.45) is 0 Å². The molecule has 0 aliphatic carbocycles. The molecule has 2 aromatic carbocycles. The lowest BCUT2D eigenvalue weighted by atomic mass is 10.1. The average Bonchev–Trinajstić information content (AvgIpc) is 2.76. The maximum Gasteiger partial charge on any atom is 0.0764 e. The fourth-order valence-electron chi connectivity index (χ4n) is 2.41. The van der Waals surface area contributed by atoms with Gasteiger partial charge in [-0.2, -0.15) is 5.10 Å². The highest BCUT2D eigenvalue weighted by Gasteiger charge is 2.10. The van der Waals surface area contributed by atoms with Crippen molar-refractivity contribution in [2.75, 3.05) is 5.73 Å². The number of hydrogen-bond acceptors (Lipinski definition) is 2. The molecular formula is C16H18ClN3. The molecule has 2 N–H and O–H groups in total. The fourth-order valence-corrected chi connectivity index (χ4v) is 2.41. The van der Waals surface area contributed by atoms with Crippen molar-refractivity contribution in [1.29, 1.82) is 0 Å². The molecule has 0 aliphatic heterocycles. The highest BCUT2D eigenvalue weighted by Crippen LogP contribution is 2.25. The third-order valence-corrected chi connectivity index (χ3v) is 3.36. The Balaban J connectivity index is 0.00000147. The molecule has 0 saturated carbocycles. The van der Waals surface area contributed by atoms with Crippen LogP contribution in [0.1, 0.15) is 18.2 Å². The van der Waals surface area contributed by atoms with Gasteiger partial charge in [0.25, 0.3) is 0 Å². The molecule has 3 nitrogen and oxygen atoms in total. The molecule has 0 atom stereocenters. The van der Waals surface area contributed by atoms with Crippen LogP contribution in [0.2, 0.25) is 0 Å². The van der Waals surface area contributed by atoms with Crippen molar-refractivity contribution in [3.8, 4) is 5.69 Å². The van der Waals surface area contributed by atoms with Crippen molar-refractivity contribution in [3.05, 3.63) is 53.7 Å². The highest BCUT2D eigenvalue weighted by molar-refractivity contribution is 5.86.